The minimum atomic E-state index is 0.559. The Morgan fingerprint density at radius 3 is 2.29 bits per heavy atom. The first kappa shape index (κ1) is 25.6. The lowest BCUT2D eigenvalue weighted by Gasteiger charge is -2.08. The Kier molecular flexibility index (Phi) is 9.39. The van der Waals surface area contributed by atoms with Gasteiger partial charge in [0.05, 0.1) is 0 Å². The third-order valence-corrected chi connectivity index (χ3v) is 5.90. The van der Waals surface area contributed by atoms with Gasteiger partial charge in [0.25, 0.3) is 0 Å². The van der Waals surface area contributed by atoms with Gasteiger partial charge in [0, 0.05) is 10.0 Å². The summed E-state index contributed by atoms with van der Waals surface area (Å²) < 4.78 is 5.99. The minimum absolute atomic E-state index is 0.559. The Hall–Kier alpha value is -3.00. The molecule has 0 bridgehead atoms. The van der Waals surface area contributed by atoms with Gasteiger partial charge in [-0.25, -0.2) is 0 Å². The maximum absolute atomic E-state index is 6.12. The predicted molar refractivity (Wildman–Crippen MR) is 149 cm³/mol. The van der Waals surface area contributed by atoms with Gasteiger partial charge in [-0.2, -0.15) is 0 Å². The topological polar surface area (TPSA) is 9.23 Å². The summed E-state index contributed by atoms with van der Waals surface area (Å²) in [6, 6.07) is 20.2. The molecule has 1 aliphatic carbocycles. The zero-order valence-corrected chi connectivity index (χ0v) is 21.3. The Morgan fingerprint density at radius 1 is 0.971 bits per heavy atom. The second kappa shape index (κ2) is 12.5. The fourth-order valence-electron chi connectivity index (χ4n) is 3.67. The zero-order valence-electron chi connectivity index (χ0n) is 19.8. The molecule has 0 saturated carbocycles. The van der Waals surface area contributed by atoms with Crippen molar-refractivity contribution in [2.45, 2.75) is 33.3 Å². The second-order valence-electron chi connectivity index (χ2n) is 8.21. The average Bonchev–Trinajstić information content (AvgIpc) is 3.11. The standard InChI is InChI=1S/C25H20Cl2O.C6H10/c1-16-3-5-18(6-4-16)15-28-24-7-8-25-17(2)20(12-21(25)13-24)9-19-10-22(26)14-23(27)11-19;1-3-5-6-4-2/h3-11,13-14H,2,12,15H2,1H3;3-4,6H,1,5H2,2H3/b20-9+;6-4-. The maximum atomic E-state index is 6.12. The first-order valence-corrected chi connectivity index (χ1v) is 12.0. The number of hydrogen-bond donors (Lipinski definition) is 0. The summed E-state index contributed by atoms with van der Waals surface area (Å²) >= 11 is 12.2. The summed E-state index contributed by atoms with van der Waals surface area (Å²) in [4.78, 5) is 0. The molecule has 1 nitrogen and oxygen atoms in total. The largest absolute Gasteiger partial charge is 0.489 e. The molecule has 0 aromatic heterocycles. The number of rotatable bonds is 6. The molecule has 3 aromatic carbocycles. The van der Waals surface area contributed by atoms with Crippen LogP contribution in [0.3, 0.4) is 0 Å². The molecule has 0 atom stereocenters. The summed E-state index contributed by atoms with van der Waals surface area (Å²) in [5.74, 6) is 0.874. The van der Waals surface area contributed by atoms with Crippen LogP contribution in [0.25, 0.3) is 11.6 Å². The van der Waals surface area contributed by atoms with Crippen LogP contribution < -0.4 is 4.74 Å². The van der Waals surface area contributed by atoms with Crippen LogP contribution in [0.4, 0.5) is 0 Å². The highest BCUT2D eigenvalue weighted by Crippen LogP contribution is 2.38. The zero-order chi connectivity index (χ0) is 24.5. The smallest absolute Gasteiger partial charge is 0.120 e. The van der Waals surface area contributed by atoms with Gasteiger partial charge in [0.2, 0.25) is 0 Å². The van der Waals surface area contributed by atoms with Crippen LogP contribution in [0, 0.1) is 6.92 Å². The number of benzene rings is 3. The normalized spacial score (nSPS) is 13.5. The number of halogens is 2. The maximum Gasteiger partial charge on any atom is 0.120 e. The van der Waals surface area contributed by atoms with E-state index < -0.39 is 0 Å². The number of hydrogen-bond acceptors (Lipinski definition) is 1. The molecule has 0 radical (unpaired) electrons. The quantitative estimate of drug-likeness (QED) is 0.313. The summed E-state index contributed by atoms with van der Waals surface area (Å²) in [5.41, 5.74) is 8.00. The fraction of sp³-hybridized carbons (Fsp3) is 0.161. The lowest BCUT2D eigenvalue weighted by molar-refractivity contribution is 0.306. The van der Waals surface area contributed by atoms with Crippen molar-refractivity contribution in [3.05, 3.63) is 135 Å². The SMILES string of the molecule is C=C1/C(=C/c2cc(Cl)cc(Cl)c2)Cc2cc(OCc3ccc(C)cc3)ccc21.C=CC/C=C\C. The highest BCUT2D eigenvalue weighted by atomic mass is 35.5. The van der Waals surface area contributed by atoms with Gasteiger partial charge in [-0.3, -0.25) is 0 Å². The number of allylic oxidation sites excluding steroid dienone is 5. The molecule has 0 unspecified atom stereocenters. The van der Waals surface area contributed by atoms with Crippen LogP contribution in [0.5, 0.6) is 5.75 Å². The van der Waals surface area contributed by atoms with Crippen LogP contribution in [0.1, 0.15) is 41.2 Å². The van der Waals surface area contributed by atoms with E-state index in [4.69, 9.17) is 27.9 Å². The lowest BCUT2D eigenvalue weighted by Crippen LogP contribution is -1.96. The molecule has 1 aliphatic rings. The highest BCUT2D eigenvalue weighted by Gasteiger charge is 2.20. The molecule has 0 spiro atoms. The van der Waals surface area contributed by atoms with Crippen molar-refractivity contribution in [3.8, 4) is 5.75 Å². The van der Waals surface area contributed by atoms with Crippen molar-refractivity contribution >= 4 is 34.9 Å². The van der Waals surface area contributed by atoms with Crippen molar-refractivity contribution in [2.75, 3.05) is 0 Å². The third-order valence-electron chi connectivity index (χ3n) is 5.46. The molecule has 0 fully saturated rings. The monoisotopic (exact) mass is 488 g/mol. The second-order valence-corrected chi connectivity index (χ2v) is 9.09. The molecule has 174 valence electrons. The average molecular weight is 489 g/mol. The molecule has 4 rings (SSSR count). The van der Waals surface area contributed by atoms with E-state index in [2.05, 4.69) is 68.6 Å². The molecule has 0 amide bonds. The van der Waals surface area contributed by atoms with Gasteiger partial charge in [-0.15, -0.1) is 6.58 Å². The van der Waals surface area contributed by atoms with E-state index in [1.807, 2.05) is 37.3 Å². The molecule has 34 heavy (non-hydrogen) atoms. The number of ether oxygens (including phenoxy) is 1. The van der Waals surface area contributed by atoms with Crippen molar-refractivity contribution in [2.24, 2.45) is 0 Å². The summed E-state index contributed by atoms with van der Waals surface area (Å²) in [7, 11) is 0. The van der Waals surface area contributed by atoms with E-state index in [0.717, 1.165) is 35.3 Å². The molecular formula is C31H30Cl2O. The van der Waals surface area contributed by atoms with Gasteiger partial charge in [-0.05, 0) is 90.4 Å². The minimum Gasteiger partial charge on any atom is -0.489 e. The fourth-order valence-corrected chi connectivity index (χ4v) is 4.21. The van der Waals surface area contributed by atoms with E-state index in [9.17, 15) is 0 Å². The molecule has 3 heteroatoms. The van der Waals surface area contributed by atoms with E-state index in [0.29, 0.717) is 16.7 Å². The van der Waals surface area contributed by atoms with E-state index in [1.165, 1.54) is 22.3 Å². The van der Waals surface area contributed by atoms with Crippen molar-refractivity contribution in [3.63, 3.8) is 0 Å². The van der Waals surface area contributed by atoms with Crippen molar-refractivity contribution in [1.82, 2.24) is 0 Å². The van der Waals surface area contributed by atoms with Crippen LogP contribution >= 0.6 is 23.2 Å². The van der Waals surface area contributed by atoms with Crippen molar-refractivity contribution in [1.29, 1.82) is 0 Å². The van der Waals surface area contributed by atoms with Crippen molar-refractivity contribution < 1.29 is 4.74 Å². The van der Waals surface area contributed by atoms with Crippen LogP contribution in [-0.2, 0) is 13.0 Å². The van der Waals surface area contributed by atoms with Crippen LogP contribution in [0.2, 0.25) is 10.0 Å². The summed E-state index contributed by atoms with van der Waals surface area (Å²) in [5, 5.41) is 1.26. The first-order valence-electron chi connectivity index (χ1n) is 11.3. The third kappa shape index (κ3) is 7.25. The molecule has 0 N–H and O–H groups in total. The van der Waals surface area contributed by atoms with Crippen LogP contribution in [-0.4, -0.2) is 0 Å². The molecule has 0 saturated heterocycles. The molecule has 0 aliphatic heterocycles. The number of fused-ring (bicyclic) bond motifs is 1. The van der Waals surface area contributed by atoms with Crippen LogP contribution in [0.15, 0.2) is 97.6 Å². The Labute approximate surface area is 213 Å². The van der Waals surface area contributed by atoms with Gasteiger partial charge in [0.1, 0.15) is 12.4 Å². The van der Waals surface area contributed by atoms with Gasteiger partial charge < -0.3 is 4.74 Å². The summed E-state index contributed by atoms with van der Waals surface area (Å²) in [6.07, 6.45) is 9.87. The van der Waals surface area contributed by atoms with E-state index >= 15 is 0 Å². The summed E-state index contributed by atoms with van der Waals surface area (Å²) in [6.45, 7) is 12.5. The van der Waals surface area contributed by atoms with Gasteiger partial charge in [0.15, 0.2) is 0 Å². The molecule has 0 heterocycles. The first-order chi connectivity index (χ1) is 16.4. The number of aryl methyl sites for hydroxylation is 1. The molecule has 3 aromatic rings. The van der Waals surface area contributed by atoms with Gasteiger partial charge >= 0.3 is 0 Å². The van der Waals surface area contributed by atoms with Gasteiger partial charge in [-0.1, -0.05) is 90.0 Å². The molecular weight excluding hydrogens is 459 g/mol. The van der Waals surface area contributed by atoms with E-state index in [-0.39, 0.29) is 0 Å². The van der Waals surface area contributed by atoms with E-state index in [1.54, 1.807) is 6.07 Å². The lowest BCUT2D eigenvalue weighted by atomic mass is 10.0. The highest BCUT2D eigenvalue weighted by molar-refractivity contribution is 6.34. The predicted octanol–water partition coefficient (Wildman–Crippen LogP) is 9.67. The Bertz CT molecular complexity index is 1200. The Balaban J connectivity index is 0.000000481. The Morgan fingerprint density at radius 2 is 1.68 bits per heavy atom.